The van der Waals surface area contributed by atoms with Crippen LogP contribution >= 0.6 is 38.5 Å². The minimum absolute atomic E-state index is 0.0950. The minimum Gasteiger partial charge on any atom is -0.260 e. The Balaban J connectivity index is 3.49. The van der Waals surface area contributed by atoms with Gasteiger partial charge in [-0.25, -0.2) is 0 Å². The van der Waals surface area contributed by atoms with Crippen molar-refractivity contribution >= 4 is 38.5 Å². The summed E-state index contributed by atoms with van der Waals surface area (Å²) in [7, 11) is 0. The molecule has 1 nitrogen and oxygen atoms in total. The molecule has 0 spiro atoms. The van der Waals surface area contributed by atoms with E-state index in [1.54, 1.807) is 22.6 Å². The first kappa shape index (κ1) is 3.17. The molecule has 0 saturated heterocycles. The van der Waals surface area contributed by atoms with E-state index in [2.05, 4.69) is 20.9 Å². The molecule has 0 radical (unpaired) electrons. The maximum atomic E-state index is 7.40. The van der Waals surface area contributed by atoms with E-state index in [4.69, 9.17) is 6.85 Å². The van der Waals surface area contributed by atoms with Gasteiger partial charge in [-0.3, -0.25) is 4.98 Å². The average molecular weight is 303 g/mol. The van der Waals surface area contributed by atoms with Crippen LogP contribution in [-0.4, -0.2) is 4.98 Å². The highest BCUT2D eigenvalue weighted by Gasteiger charge is 1.97. The molecular weight excluding hydrogens is 293 g/mol. The van der Waals surface area contributed by atoms with Crippen LogP contribution in [0.1, 0.15) is 12.5 Å². The first-order valence-corrected chi connectivity index (χ1v) is 3.95. The zero-order valence-corrected chi connectivity index (χ0v) is 7.95. The topological polar surface area (TPSA) is 12.9 Å². The van der Waals surface area contributed by atoms with Crippen molar-refractivity contribution in [1.82, 2.24) is 4.98 Å². The van der Waals surface area contributed by atoms with Crippen LogP contribution in [0.2, 0.25) is 0 Å². The van der Waals surface area contributed by atoms with Crippen molar-refractivity contribution in [3.05, 3.63) is 26.0 Å². The molecule has 1 heterocycles. The molecule has 1 aromatic heterocycles. The average Bonchev–Trinajstić information content (AvgIpc) is 2.06. The molecule has 1 aromatic rings. The summed E-state index contributed by atoms with van der Waals surface area (Å²) in [5.74, 6) is 0. The molecule has 3 heteroatoms. The van der Waals surface area contributed by atoms with E-state index in [0.29, 0.717) is 8.04 Å². The van der Waals surface area contributed by atoms with Crippen molar-refractivity contribution < 1.29 is 6.85 Å². The number of aryl methyl sites for hydroxylation is 1. The van der Waals surface area contributed by atoms with Gasteiger partial charge in [0.05, 0.1) is 8.44 Å². The third-order valence-corrected chi connectivity index (χ3v) is 3.12. The SMILES string of the molecule is [2H]c1nc(C([2H])([2H])[2H])c(I)c(Br)c1[2H]. The monoisotopic (exact) mass is 302 g/mol. The lowest BCUT2D eigenvalue weighted by molar-refractivity contribution is 1.17. The van der Waals surface area contributed by atoms with E-state index >= 15 is 0 Å². The van der Waals surface area contributed by atoms with E-state index in [0.717, 1.165) is 0 Å². The van der Waals surface area contributed by atoms with Gasteiger partial charge in [0.25, 0.3) is 0 Å². The molecule has 0 aromatic carbocycles. The zero-order valence-electron chi connectivity index (χ0n) is 9.20. The minimum atomic E-state index is -2.34. The number of aromatic nitrogens is 1. The molecule has 0 aliphatic heterocycles. The normalized spacial score (nSPS) is 19.1. The van der Waals surface area contributed by atoms with Gasteiger partial charge in [-0.05, 0) is 51.4 Å². The third kappa shape index (κ3) is 1.64. The Morgan fingerprint density at radius 2 is 2.78 bits per heavy atom. The summed E-state index contributed by atoms with van der Waals surface area (Å²) in [6.45, 7) is -2.34. The largest absolute Gasteiger partial charge is 0.260 e. The Kier molecular flexibility index (Phi) is 1.04. The van der Waals surface area contributed by atoms with Crippen LogP contribution in [0, 0.1) is 10.4 Å². The highest BCUT2D eigenvalue weighted by molar-refractivity contribution is 14.1. The fourth-order valence-electron chi connectivity index (χ4n) is 0.341. The molecule has 0 atom stereocenters. The molecule has 1 rings (SSSR count). The number of rotatable bonds is 0. The van der Waals surface area contributed by atoms with Crippen LogP contribution in [-0.2, 0) is 0 Å². The van der Waals surface area contributed by atoms with Gasteiger partial charge in [0.2, 0.25) is 0 Å². The van der Waals surface area contributed by atoms with Crippen molar-refractivity contribution in [2.45, 2.75) is 6.85 Å². The second-order valence-electron chi connectivity index (χ2n) is 1.33. The number of hydrogen-bond donors (Lipinski definition) is 0. The van der Waals surface area contributed by atoms with Crippen LogP contribution in [0.4, 0.5) is 0 Å². The number of hydrogen-bond acceptors (Lipinski definition) is 1. The van der Waals surface area contributed by atoms with Gasteiger partial charge in [-0.15, -0.1) is 0 Å². The van der Waals surface area contributed by atoms with Gasteiger partial charge in [0.15, 0.2) is 0 Å². The summed E-state index contributed by atoms with van der Waals surface area (Å²) in [4.78, 5) is 3.58. The lowest BCUT2D eigenvalue weighted by Crippen LogP contribution is -1.84. The summed E-state index contributed by atoms with van der Waals surface area (Å²) >= 11 is 4.87. The second-order valence-corrected chi connectivity index (χ2v) is 3.20. The molecule has 0 unspecified atom stereocenters. The van der Waals surface area contributed by atoms with E-state index in [1.807, 2.05) is 0 Å². The van der Waals surface area contributed by atoms with Gasteiger partial charge in [-0.2, -0.15) is 0 Å². The first-order valence-electron chi connectivity index (χ1n) is 4.58. The quantitative estimate of drug-likeness (QED) is 0.672. The Morgan fingerprint density at radius 3 is 3.44 bits per heavy atom. The third-order valence-electron chi connectivity index (χ3n) is 0.734. The predicted octanol–water partition coefficient (Wildman–Crippen LogP) is 2.76. The second kappa shape index (κ2) is 2.96. The van der Waals surface area contributed by atoms with Crippen LogP contribution < -0.4 is 0 Å². The van der Waals surface area contributed by atoms with Gasteiger partial charge in [0, 0.05) is 18.3 Å². The maximum Gasteiger partial charge on any atom is 0.0840 e. The maximum absolute atomic E-state index is 7.40. The summed E-state index contributed by atoms with van der Waals surface area (Å²) in [5.41, 5.74) is -0.133. The van der Waals surface area contributed by atoms with Crippen LogP contribution in [0.15, 0.2) is 16.7 Å². The van der Waals surface area contributed by atoms with E-state index in [9.17, 15) is 0 Å². The Bertz CT molecular complexity index is 377. The Labute approximate surface area is 83.2 Å². The molecule has 0 fully saturated rings. The lowest BCUT2D eigenvalue weighted by atomic mass is 10.4. The van der Waals surface area contributed by atoms with E-state index in [-0.39, 0.29) is 17.9 Å². The van der Waals surface area contributed by atoms with Gasteiger partial charge in [-0.1, -0.05) is 0 Å². The van der Waals surface area contributed by atoms with Gasteiger partial charge >= 0.3 is 0 Å². The Hall–Kier alpha value is 0.360. The predicted molar refractivity (Wildman–Crippen MR) is 49.4 cm³/mol. The summed E-state index contributed by atoms with van der Waals surface area (Å²) in [6.07, 6.45) is -0.330. The van der Waals surface area contributed by atoms with Crippen molar-refractivity contribution in [1.29, 1.82) is 0 Å². The summed E-state index contributed by atoms with van der Waals surface area (Å²) in [5, 5.41) is 0. The van der Waals surface area contributed by atoms with E-state index < -0.39 is 6.85 Å². The Morgan fingerprint density at radius 1 is 2.00 bits per heavy atom. The van der Waals surface area contributed by atoms with Gasteiger partial charge < -0.3 is 0 Å². The first-order chi connectivity index (χ1) is 6.25. The fourth-order valence-corrected chi connectivity index (χ4v) is 0.873. The standard InChI is InChI=1S/C6H5BrIN/c1-4-6(8)5(7)2-3-9-4/h2-3H,1H3/i1D3,2D,3D. The van der Waals surface area contributed by atoms with E-state index in [1.165, 1.54) is 0 Å². The molecule has 48 valence electrons. The number of pyridine rings is 1. The van der Waals surface area contributed by atoms with Crippen molar-refractivity contribution in [3.63, 3.8) is 0 Å². The summed E-state index contributed by atoms with van der Waals surface area (Å²) < 4.78 is 36.9. The molecule has 0 saturated carbocycles. The molecule has 0 bridgehead atoms. The number of halogens is 2. The summed E-state index contributed by atoms with van der Waals surface area (Å²) in [6, 6.07) is -0.0950. The molecular formula is C6H5BrIN. The lowest BCUT2D eigenvalue weighted by Gasteiger charge is -1.96. The van der Waals surface area contributed by atoms with Crippen LogP contribution in [0.5, 0.6) is 0 Å². The van der Waals surface area contributed by atoms with Crippen LogP contribution in [0.25, 0.3) is 0 Å². The molecule has 0 N–H and O–H groups in total. The van der Waals surface area contributed by atoms with Crippen molar-refractivity contribution in [2.24, 2.45) is 0 Å². The smallest absolute Gasteiger partial charge is 0.0840 e. The van der Waals surface area contributed by atoms with Crippen LogP contribution in [0.3, 0.4) is 0 Å². The highest BCUT2D eigenvalue weighted by atomic mass is 127. The number of nitrogens with zero attached hydrogens (tertiary/aromatic N) is 1. The van der Waals surface area contributed by atoms with Crippen molar-refractivity contribution in [3.8, 4) is 0 Å². The molecule has 9 heavy (non-hydrogen) atoms. The molecule has 0 amide bonds. The van der Waals surface area contributed by atoms with Gasteiger partial charge in [0.1, 0.15) is 0 Å². The highest BCUT2D eigenvalue weighted by Crippen LogP contribution is 2.19. The van der Waals surface area contributed by atoms with Crippen molar-refractivity contribution in [2.75, 3.05) is 0 Å². The fraction of sp³-hybridized carbons (Fsp3) is 0.167. The molecule has 0 aliphatic rings. The molecule has 0 aliphatic carbocycles. The zero-order chi connectivity index (χ0) is 11.1.